The minimum atomic E-state index is -0.569. The van der Waals surface area contributed by atoms with Crippen LogP contribution in [0.1, 0.15) is 15.9 Å². The van der Waals surface area contributed by atoms with Crippen LogP contribution in [0, 0.1) is 0 Å². The molecule has 0 N–H and O–H groups in total. The van der Waals surface area contributed by atoms with E-state index < -0.39 is 6.10 Å². The lowest BCUT2D eigenvalue weighted by Gasteiger charge is -2.14. The second-order valence-corrected chi connectivity index (χ2v) is 5.89. The van der Waals surface area contributed by atoms with Crippen LogP contribution in [0.5, 0.6) is 0 Å². The summed E-state index contributed by atoms with van der Waals surface area (Å²) in [6, 6.07) is 27.2. The van der Waals surface area contributed by atoms with Crippen LogP contribution in [0.2, 0.25) is 0 Å². The van der Waals surface area contributed by atoms with E-state index in [2.05, 4.69) is 4.99 Å². The number of Topliss-reactive ketones (excluding diaryl/α,β-unsaturated/α-hetero) is 1. The summed E-state index contributed by atoms with van der Waals surface area (Å²) in [5, 5.41) is 0. The van der Waals surface area contributed by atoms with Gasteiger partial charge in [-0.1, -0.05) is 72.8 Å². The van der Waals surface area contributed by atoms with Crippen molar-refractivity contribution in [1.29, 1.82) is 0 Å². The molecular weight excluding hydrogens is 310 g/mol. The number of ketones is 1. The van der Waals surface area contributed by atoms with Gasteiger partial charge in [0.05, 0.1) is 6.54 Å². The smallest absolute Gasteiger partial charge is 0.217 e. The Balaban J connectivity index is 1.59. The van der Waals surface area contributed by atoms with E-state index in [1.807, 2.05) is 84.9 Å². The molecular formula is C22H17NO2. The summed E-state index contributed by atoms with van der Waals surface area (Å²) in [5.41, 5.74) is 3.51. The number of nitrogens with zero attached hydrogens (tertiary/aromatic N) is 1. The fraction of sp³-hybridized carbons (Fsp3) is 0.0909. The molecule has 1 aliphatic heterocycles. The third-order valence-corrected chi connectivity index (χ3v) is 4.25. The number of aliphatic imine (C=N–C) groups is 1. The van der Waals surface area contributed by atoms with Crippen molar-refractivity contribution in [1.82, 2.24) is 0 Å². The van der Waals surface area contributed by atoms with E-state index in [-0.39, 0.29) is 5.78 Å². The first-order valence-electron chi connectivity index (χ1n) is 8.28. The molecule has 1 heterocycles. The number of hydrogen-bond donors (Lipinski definition) is 0. The van der Waals surface area contributed by atoms with Crippen LogP contribution in [-0.4, -0.2) is 24.3 Å². The molecule has 3 nitrogen and oxygen atoms in total. The molecule has 0 saturated carbocycles. The van der Waals surface area contributed by atoms with Gasteiger partial charge in [0.25, 0.3) is 0 Å². The maximum absolute atomic E-state index is 13.0. The van der Waals surface area contributed by atoms with E-state index in [0.29, 0.717) is 18.0 Å². The van der Waals surface area contributed by atoms with Crippen molar-refractivity contribution in [3.05, 3.63) is 96.1 Å². The Morgan fingerprint density at radius 2 is 1.40 bits per heavy atom. The highest BCUT2D eigenvalue weighted by atomic mass is 16.5. The normalized spacial score (nSPS) is 16.2. The van der Waals surface area contributed by atoms with Crippen molar-refractivity contribution in [3.8, 4) is 11.1 Å². The van der Waals surface area contributed by atoms with E-state index >= 15 is 0 Å². The van der Waals surface area contributed by atoms with Gasteiger partial charge in [0.1, 0.15) is 0 Å². The first-order valence-corrected chi connectivity index (χ1v) is 8.28. The molecule has 0 saturated heterocycles. The summed E-state index contributed by atoms with van der Waals surface area (Å²) in [6.45, 7) is 0.353. The Bertz CT molecular complexity index is 917. The first-order chi connectivity index (χ1) is 12.3. The second-order valence-electron chi connectivity index (χ2n) is 5.89. The molecule has 0 aromatic heterocycles. The van der Waals surface area contributed by atoms with Gasteiger partial charge in [-0.05, 0) is 23.3 Å². The fourth-order valence-electron chi connectivity index (χ4n) is 2.99. The molecule has 122 valence electrons. The summed E-state index contributed by atoms with van der Waals surface area (Å²) < 4.78 is 5.86. The van der Waals surface area contributed by atoms with Gasteiger partial charge in [0.2, 0.25) is 11.7 Å². The SMILES string of the molecule is O=C(c1ccccc1-c1ccccc1)C1CN=C(c2ccccc2)O1. The number of carbonyl (C=O) groups excluding carboxylic acids is 1. The highest BCUT2D eigenvalue weighted by molar-refractivity contribution is 6.08. The molecule has 25 heavy (non-hydrogen) atoms. The van der Waals surface area contributed by atoms with Gasteiger partial charge in [-0.3, -0.25) is 4.79 Å². The Morgan fingerprint density at radius 3 is 2.12 bits per heavy atom. The van der Waals surface area contributed by atoms with Gasteiger partial charge in [-0.15, -0.1) is 0 Å². The molecule has 0 radical (unpaired) electrons. The molecule has 1 unspecified atom stereocenters. The van der Waals surface area contributed by atoms with E-state index in [4.69, 9.17) is 4.74 Å². The van der Waals surface area contributed by atoms with Crippen LogP contribution in [0.4, 0.5) is 0 Å². The predicted octanol–water partition coefficient (Wildman–Crippen LogP) is 4.38. The standard InChI is InChI=1S/C22H17NO2/c24-21(20-15-23-22(25-20)17-11-5-2-6-12-17)19-14-8-7-13-18(19)16-9-3-1-4-10-16/h1-14,20H,15H2. The van der Waals surface area contributed by atoms with Crippen LogP contribution in [0.15, 0.2) is 89.9 Å². The minimum Gasteiger partial charge on any atom is -0.464 e. The number of rotatable bonds is 4. The molecule has 3 aromatic rings. The maximum atomic E-state index is 13.0. The molecule has 0 aliphatic carbocycles. The van der Waals surface area contributed by atoms with Crippen molar-refractivity contribution in [2.24, 2.45) is 4.99 Å². The van der Waals surface area contributed by atoms with Crippen LogP contribution >= 0.6 is 0 Å². The first kappa shape index (κ1) is 15.3. The lowest BCUT2D eigenvalue weighted by molar-refractivity contribution is 0.0818. The predicted molar refractivity (Wildman–Crippen MR) is 98.9 cm³/mol. The zero-order valence-electron chi connectivity index (χ0n) is 13.6. The average molecular weight is 327 g/mol. The Morgan fingerprint density at radius 1 is 0.800 bits per heavy atom. The van der Waals surface area contributed by atoms with Crippen LogP contribution < -0.4 is 0 Å². The highest BCUT2D eigenvalue weighted by Gasteiger charge is 2.29. The molecule has 0 spiro atoms. The Hall–Kier alpha value is -3.20. The summed E-state index contributed by atoms with van der Waals surface area (Å²) >= 11 is 0. The van der Waals surface area contributed by atoms with Gasteiger partial charge in [0.15, 0.2) is 6.10 Å². The summed E-state index contributed by atoms with van der Waals surface area (Å²) in [4.78, 5) is 17.4. The summed E-state index contributed by atoms with van der Waals surface area (Å²) in [7, 11) is 0. The lowest BCUT2D eigenvalue weighted by Crippen LogP contribution is -2.25. The van der Waals surface area contributed by atoms with Gasteiger partial charge in [0, 0.05) is 11.1 Å². The highest BCUT2D eigenvalue weighted by Crippen LogP contribution is 2.26. The monoisotopic (exact) mass is 327 g/mol. The number of ether oxygens (including phenoxy) is 1. The van der Waals surface area contributed by atoms with Crippen LogP contribution in [0.3, 0.4) is 0 Å². The van der Waals surface area contributed by atoms with Crippen LogP contribution in [-0.2, 0) is 4.74 Å². The second kappa shape index (κ2) is 6.73. The maximum Gasteiger partial charge on any atom is 0.217 e. The number of benzene rings is 3. The molecule has 1 atom stereocenters. The third-order valence-electron chi connectivity index (χ3n) is 4.25. The summed E-state index contributed by atoms with van der Waals surface area (Å²) in [5.74, 6) is 0.505. The zero-order valence-corrected chi connectivity index (χ0v) is 13.6. The molecule has 3 aromatic carbocycles. The average Bonchev–Trinajstić information content (AvgIpc) is 3.19. The van der Waals surface area contributed by atoms with Crippen molar-refractivity contribution < 1.29 is 9.53 Å². The minimum absolute atomic E-state index is 0.0332. The van der Waals surface area contributed by atoms with Gasteiger partial charge >= 0.3 is 0 Å². The molecule has 0 bridgehead atoms. The Kier molecular flexibility index (Phi) is 4.13. The van der Waals surface area contributed by atoms with E-state index in [0.717, 1.165) is 16.7 Å². The van der Waals surface area contributed by atoms with Crippen LogP contribution in [0.25, 0.3) is 11.1 Å². The topological polar surface area (TPSA) is 38.7 Å². The molecule has 0 fully saturated rings. The molecule has 0 amide bonds. The number of carbonyl (C=O) groups is 1. The summed E-state index contributed by atoms with van der Waals surface area (Å²) in [6.07, 6.45) is -0.569. The van der Waals surface area contributed by atoms with E-state index in [1.165, 1.54) is 0 Å². The van der Waals surface area contributed by atoms with Gasteiger partial charge in [-0.2, -0.15) is 0 Å². The lowest BCUT2D eigenvalue weighted by atomic mass is 9.95. The van der Waals surface area contributed by atoms with Gasteiger partial charge in [-0.25, -0.2) is 4.99 Å². The van der Waals surface area contributed by atoms with E-state index in [9.17, 15) is 4.79 Å². The van der Waals surface area contributed by atoms with Crippen molar-refractivity contribution in [3.63, 3.8) is 0 Å². The molecule has 1 aliphatic rings. The van der Waals surface area contributed by atoms with Gasteiger partial charge < -0.3 is 4.74 Å². The number of hydrogen-bond acceptors (Lipinski definition) is 3. The Labute approximate surface area is 146 Å². The zero-order chi connectivity index (χ0) is 17.1. The fourth-order valence-corrected chi connectivity index (χ4v) is 2.99. The van der Waals surface area contributed by atoms with Crippen molar-refractivity contribution >= 4 is 11.7 Å². The van der Waals surface area contributed by atoms with Crippen molar-refractivity contribution in [2.75, 3.05) is 6.54 Å². The van der Waals surface area contributed by atoms with Crippen molar-refractivity contribution in [2.45, 2.75) is 6.10 Å². The quantitative estimate of drug-likeness (QED) is 0.667. The third kappa shape index (κ3) is 3.09. The molecule has 3 heteroatoms. The van der Waals surface area contributed by atoms with E-state index in [1.54, 1.807) is 0 Å². The molecule has 4 rings (SSSR count). The largest absolute Gasteiger partial charge is 0.464 e.